The lowest BCUT2D eigenvalue weighted by atomic mass is 10.0. The summed E-state index contributed by atoms with van der Waals surface area (Å²) in [5.41, 5.74) is 0.463. The number of unbranched alkanes of at least 4 members (excludes halogenated alkanes) is 9. The van der Waals surface area contributed by atoms with Gasteiger partial charge in [-0.25, -0.2) is 4.79 Å². The zero-order valence-electron chi connectivity index (χ0n) is 14.8. The van der Waals surface area contributed by atoms with Crippen LogP contribution in [-0.4, -0.2) is 16.9 Å². The van der Waals surface area contributed by atoms with Crippen LogP contribution in [0.4, 0.5) is 0 Å². The van der Waals surface area contributed by atoms with Gasteiger partial charge < -0.3 is 4.74 Å². The molecule has 0 amide bonds. The van der Waals surface area contributed by atoms with Gasteiger partial charge in [0.15, 0.2) is 0 Å². The van der Waals surface area contributed by atoms with Crippen LogP contribution in [-0.2, 0) is 9.53 Å². The molecule has 130 valence electrons. The summed E-state index contributed by atoms with van der Waals surface area (Å²) in [6.07, 6.45) is 14.4. The molecule has 2 unspecified atom stereocenters. The van der Waals surface area contributed by atoms with Crippen molar-refractivity contribution in [1.29, 1.82) is 0 Å². The fourth-order valence-electron chi connectivity index (χ4n) is 2.40. The van der Waals surface area contributed by atoms with Crippen LogP contribution in [0.15, 0.2) is 12.2 Å². The molecule has 0 bridgehead atoms. The Labute approximate surface area is 146 Å². The number of carbonyl (C=O) groups excluding carboxylic acids is 1. The number of hydrogen-bond donors (Lipinski definition) is 0. The molecular formula is C19H35BrO2. The molecule has 0 aromatic heterocycles. The van der Waals surface area contributed by atoms with Crippen molar-refractivity contribution in [1.82, 2.24) is 0 Å². The predicted octanol–water partition coefficient (Wildman–Crippen LogP) is 6.57. The summed E-state index contributed by atoms with van der Waals surface area (Å²) in [6.45, 7) is 9.49. The first kappa shape index (κ1) is 21.7. The quantitative estimate of drug-likeness (QED) is 0.149. The summed E-state index contributed by atoms with van der Waals surface area (Å²) in [6, 6.07) is 0. The monoisotopic (exact) mass is 374 g/mol. The molecule has 0 saturated carbocycles. The minimum absolute atomic E-state index is 0.0947. The third-order valence-electron chi connectivity index (χ3n) is 3.98. The average molecular weight is 375 g/mol. The van der Waals surface area contributed by atoms with Gasteiger partial charge in [-0.05, 0) is 20.3 Å². The number of rotatable bonds is 14. The van der Waals surface area contributed by atoms with Crippen LogP contribution in [0, 0.1) is 0 Å². The number of halogens is 1. The highest BCUT2D eigenvalue weighted by Gasteiger charge is 2.18. The molecule has 0 N–H and O–H groups in total. The second kappa shape index (κ2) is 14.3. The van der Waals surface area contributed by atoms with Crippen LogP contribution in [0.25, 0.3) is 0 Å². The molecule has 0 saturated heterocycles. The summed E-state index contributed by atoms with van der Waals surface area (Å²) in [5.74, 6) is -0.292. The van der Waals surface area contributed by atoms with Gasteiger partial charge in [-0.2, -0.15) is 0 Å². The molecule has 2 atom stereocenters. The average Bonchev–Trinajstić information content (AvgIpc) is 2.48. The van der Waals surface area contributed by atoms with E-state index in [1.807, 2.05) is 6.92 Å². The summed E-state index contributed by atoms with van der Waals surface area (Å²) in [5, 5.41) is 0. The SMILES string of the molecule is C=C(C)C(=O)OC(C)C(Br)CCCCCCCCCCCC. The number of hydrogen-bond acceptors (Lipinski definition) is 2. The van der Waals surface area contributed by atoms with E-state index in [9.17, 15) is 4.79 Å². The van der Waals surface area contributed by atoms with Crippen molar-refractivity contribution in [3.8, 4) is 0 Å². The van der Waals surface area contributed by atoms with E-state index in [1.54, 1.807) is 6.92 Å². The molecule has 0 aromatic carbocycles. The molecule has 22 heavy (non-hydrogen) atoms. The molecule has 0 heterocycles. The minimum atomic E-state index is -0.292. The Kier molecular flexibility index (Phi) is 14.1. The van der Waals surface area contributed by atoms with E-state index < -0.39 is 0 Å². The summed E-state index contributed by atoms with van der Waals surface area (Å²) in [4.78, 5) is 11.7. The van der Waals surface area contributed by atoms with Crippen molar-refractivity contribution in [3.05, 3.63) is 12.2 Å². The van der Waals surface area contributed by atoms with E-state index in [0.29, 0.717) is 5.57 Å². The van der Waals surface area contributed by atoms with Crippen molar-refractivity contribution in [2.75, 3.05) is 0 Å². The number of alkyl halides is 1. The molecule has 3 heteroatoms. The topological polar surface area (TPSA) is 26.3 Å². The van der Waals surface area contributed by atoms with E-state index >= 15 is 0 Å². The molecule has 0 aliphatic rings. The zero-order valence-corrected chi connectivity index (χ0v) is 16.4. The predicted molar refractivity (Wildman–Crippen MR) is 99.5 cm³/mol. The maximum atomic E-state index is 11.5. The summed E-state index contributed by atoms with van der Waals surface area (Å²) < 4.78 is 5.33. The standard InChI is InChI=1S/C19H35BrO2/c1-5-6-7-8-9-10-11-12-13-14-15-18(20)17(4)22-19(21)16(2)3/h17-18H,2,5-15H2,1,3-4H3. The van der Waals surface area contributed by atoms with E-state index in [2.05, 4.69) is 29.4 Å². The normalized spacial score (nSPS) is 13.6. The molecule has 0 fully saturated rings. The van der Waals surface area contributed by atoms with Crippen LogP contribution >= 0.6 is 15.9 Å². The lowest BCUT2D eigenvalue weighted by Crippen LogP contribution is -2.24. The van der Waals surface area contributed by atoms with Crippen LogP contribution in [0.2, 0.25) is 0 Å². The Morgan fingerprint density at radius 2 is 1.45 bits per heavy atom. The Morgan fingerprint density at radius 1 is 1.00 bits per heavy atom. The molecule has 0 rings (SSSR count). The third kappa shape index (κ3) is 12.3. The zero-order chi connectivity index (χ0) is 16.8. The maximum Gasteiger partial charge on any atom is 0.333 e. The molecule has 0 aliphatic heterocycles. The van der Waals surface area contributed by atoms with Gasteiger partial charge in [0.05, 0.1) is 4.83 Å². The Morgan fingerprint density at radius 3 is 1.91 bits per heavy atom. The molecule has 0 radical (unpaired) electrons. The fourth-order valence-corrected chi connectivity index (χ4v) is 2.84. The maximum absolute atomic E-state index is 11.5. The van der Waals surface area contributed by atoms with Gasteiger partial charge >= 0.3 is 5.97 Å². The second-order valence-electron chi connectivity index (χ2n) is 6.38. The van der Waals surface area contributed by atoms with E-state index in [0.717, 1.165) is 6.42 Å². The van der Waals surface area contributed by atoms with Crippen molar-refractivity contribution in [2.45, 2.75) is 102 Å². The van der Waals surface area contributed by atoms with Crippen molar-refractivity contribution >= 4 is 21.9 Å². The Balaban J connectivity index is 3.46. The molecule has 2 nitrogen and oxygen atoms in total. The highest BCUT2D eigenvalue weighted by Crippen LogP contribution is 2.19. The third-order valence-corrected chi connectivity index (χ3v) is 5.19. The van der Waals surface area contributed by atoms with Crippen LogP contribution in [0.1, 0.15) is 91.4 Å². The van der Waals surface area contributed by atoms with Gasteiger partial charge in [-0.3, -0.25) is 0 Å². The summed E-state index contributed by atoms with van der Waals surface area (Å²) in [7, 11) is 0. The lowest BCUT2D eigenvalue weighted by Gasteiger charge is -2.19. The van der Waals surface area contributed by atoms with Gasteiger partial charge in [0.2, 0.25) is 0 Å². The second-order valence-corrected chi connectivity index (χ2v) is 7.55. The van der Waals surface area contributed by atoms with Crippen molar-refractivity contribution < 1.29 is 9.53 Å². The number of esters is 1. The van der Waals surface area contributed by atoms with Crippen LogP contribution in [0.5, 0.6) is 0 Å². The molecule has 0 spiro atoms. The molecular weight excluding hydrogens is 340 g/mol. The van der Waals surface area contributed by atoms with Gasteiger partial charge in [-0.1, -0.05) is 93.6 Å². The lowest BCUT2D eigenvalue weighted by molar-refractivity contribution is -0.143. The van der Waals surface area contributed by atoms with E-state index in [1.165, 1.54) is 64.2 Å². The highest BCUT2D eigenvalue weighted by molar-refractivity contribution is 9.09. The summed E-state index contributed by atoms with van der Waals surface area (Å²) >= 11 is 3.63. The van der Waals surface area contributed by atoms with Gasteiger partial charge in [0.1, 0.15) is 6.10 Å². The van der Waals surface area contributed by atoms with E-state index in [-0.39, 0.29) is 16.9 Å². The van der Waals surface area contributed by atoms with Gasteiger partial charge in [-0.15, -0.1) is 0 Å². The molecule has 0 aliphatic carbocycles. The first-order valence-corrected chi connectivity index (χ1v) is 9.91. The van der Waals surface area contributed by atoms with Gasteiger partial charge in [0, 0.05) is 5.57 Å². The van der Waals surface area contributed by atoms with Crippen LogP contribution in [0.3, 0.4) is 0 Å². The van der Waals surface area contributed by atoms with Crippen molar-refractivity contribution in [2.24, 2.45) is 0 Å². The first-order valence-electron chi connectivity index (χ1n) is 8.99. The highest BCUT2D eigenvalue weighted by atomic mass is 79.9. The Hall–Kier alpha value is -0.310. The number of ether oxygens (including phenoxy) is 1. The van der Waals surface area contributed by atoms with Crippen LogP contribution < -0.4 is 0 Å². The smallest absolute Gasteiger partial charge is 0.333 e. The first-order chi connectivity index (χ1) is 10.5. The molecule has 0 aromatic rings. The largest absolute Gasteiger partial charge is 0.458 e. The van der Waals surface area contributed by atoms with Gasteiger partial charge in [0.25, 0.3) is 0 Å². The number of carbonyl (C=O) groups is 1. The van der Waals surface area contributed by atoms with E-state index in [4.69, 9.17) is 4.74 Å². The minimum Gasteiger partial charge on any atom is -0.458 e. The Bertz CT molecular complexity index is 302. The van der Waals surface area contributed by atoms with Crippen molar-refractivity contribution in [3.63, 3.8) is 0 Å². The fraction of sp³-hybridized carbons (Fsp3) is 0.842.